The van der Waals surface area contributed by atoms with Gasteiger partial charge in [-0.15, -0.1) is 0 Å². The number of rotatable bonds is 5. The van der Waals surface area contributed by atoms with Crippen LogP contribution in [0.5, 0.6) is 0 Å². The first-order valence-corrected chi connectivity index (χ1v) is 9.35. The second kappa shape index (κ2) is 8.30. The molecule has 2 unspecified atom stereocenters. The molecule has 0 amide bonds. The van der Waals surface area contributed by atoms with Gasteiger partial charge in [-0.2, -0.15) is 0 Å². The fourth-order valence-corrected chi connectivity index (χ4v) is 3.88. The molecule has 0 saturated carbocycles. The summed E-state index contributed by atoms with van der Waals surface area (Å²) in [6, 6.07) is 12.4. The summed E-state index contributed by atoms with van der Waals surface area (Å²) in [5, 5.41) is 7.66. The lowest BCUT2D eigenvalue weighted by Gasteiger charge is -2.32. The predicted molar refractivity (Wildman–Crippen MR) is 106 cm³/mol. The van der Waals surface area contributed by atoms with E-state index in [2.05, 4.69) is 27.5 Å². The summed E-state index contributed by atoms with van der Waals surface area (Å²) in [5.41, 5.74) is 4.59. The van der Waals surface area contributed by atoms with E-state index in [-0.39, 0.29) is 24.5 Å². The summed E-state index contributed by atoms with van der Waals surface area (Å²) in [6.45, 7) is 0.149. The monoisotopic (exact) mass is 392 g/mol. The molecule has 4 nitrogen and oxygen atoms in total. The van der Waals surface area contributed by atoms with Crippen molar-refractivity contribution in [2.24, 2.45) is 0 Å². The van der Waals surface area contributed by atoms with Crippen LogP contribution in [0.3, 0.4) is 0 Å². The second-order valence-corrected chi connectivity index (χ2v) is 7.23. The van der Waals surface area contributed by atoms with Gasteiger partial charge in [0.05, 0.1) is 17.2 Å². The SMILES string of the molecule is CNC1CCC(c2ccc(Cl)c(Cl)c2)c2ccc(NCC(=O)OC)cc21. The molecule has 0 fully saturated rings. The topological polar surface area (TPSA) is 50.4 Å². The number of anilines is 1. The normalized spacial score (nSPS) is 18.9. The number of fused-ring (bicyclic) bond motifs is 1. The number of benzene rings is 2. The minimum Gasteiger partial charge on any atom is -0.468 e. The molecule has 1 aliphatic carbocycles. The van der Waals surface area contributed by atoms with E-state index in [0.717, 1.165) is 18.5 Å². The number of nitrogens with one attached hydrogen (secondary N) is 2. The van der Waals surface area contributed by atoms with Gasteiger partial charge in [-0.1, -0.05) is 35.3 Å². The lowest BCUT2D eigenvalue weighted by molar-refractivity contribution is -0.138. The van der Waals surface area contributed by atoms with Crippen molar-refractivity contribution >= 4 is 34.9 Å². The molecule has 2 aromatic carbocycles. The van der Waals surface area contributed by atoms with Gasteiger partial charge >= 0.3 is 5.97 Å². The molecule has 0 bridgehead atoms. The molecule has 3 rings (SSSR count). The van der Waals surface area contributed by atoms with Crippen LogP contribution in [0.25, 0.3) is 0 Å². The van der Waals surface area contributed by atoms with Gasteiger partial charge in [0.2, 0.25) is 0 Å². The Bertz CT molecular complexity index is 810. The molecule has 2 N–H and O–H groups in total. The molecule has 2 atom stereocenters. The molecule has 0 aliphatic heterocycles. The number of carbonyl (C=O) groups is 1. The Labute approximate surface area is 163 Å². The highest BCUT2D eigenvalue weighted by Gasteiger charge is 2.28. The summed E-state index contributed by atoms with van der Waals surface area (Å²) < 4.78 is 4.69. The van der Waals surface area contributed by atoms with Crippen molar-refractivity contribution in [3.8, 4) is 0 Å². The summed E-state index contributed by atoms with van der Waals surface area (Å²) in [4.78, 5) is 11.4. The zero-order chi connectivity index (χ0) is 18.7. The minimum atomic E-state index is -0.290. The van der Waals surface area contributed by atoms with Gasteiger partial charge in [0, 0.05) is 17.6 Å². The van der Waals surface area contributed by atoms with Crippen molar-refractivity contribution in [1.82, 2.24) is 5.32 Å². The van der Waals surface area contributed by atoms with Crippen molar-refractivity contribution in [3.63, 3.8) is 0 Å². The van der Waals surface area contributed by atoms with Gasteiger partial charge in [0.25, 0.3) is 0 Å². The Balaban J connectivity index is 1.93. The standard InChI is InChI=1S/C20H22Cl2N2O2/c1-23-19-8-6-14(12-3-7-17(21)18(22)9-12)15-5-4-13(10-16(15)19)24-11-20(25)26-2/h3-5,7,9-10,14,19,23-24H,6,8,11H2,1-2H3. The number of esters is 1. The number of methoxy groups -OCH3 is 1. The first-order valence-electron chi connectivity index (χ1n) is 8.60. The molecule has 0 heterocycles. The number of carbonyl (C=O) groups excluding carboxylic acids is 1. The van der Waals surface area contributed by atoms with E-state index in [9.17, 15) is 4.79 Å². The van der Waals surface area contributed by atoms with Crippen LogP contribution in [-0.2, 0) is 9.53 Å². The fraction of sp³-hybridized carbons (Fsp3) is 0.350. The van der Waals surface area contributed by atoms with Crippen LogP contribution in [0.15, 0.2) is 36.4 Å². The van der Waals surface area contributed by atoms with Crippen LogP contribution < -0.4 is 10.6 Å². The third-order valence-electron chi connectivity index (χ3n) is 4.94. The Kier molecular flexibility index (Phi) is 6.07. The van der Waals surface area contributed by atoms with Crippen molar-refractivity contribution < 1.29 is 9.53 Å². The van der Waals surface area contributed by atoms with Crippen molar-refractivity contribution in [1.29, 1.82) is 0 Å². The predicted octanol–water partition coefficient (Wildman–Crippen LogP) is 4.76. The summed E-state index contributed by atoms with van der Waals surface area (Å²) in [5.74, 6) is -0.0133. The van der Waals surface area contributed by atoms with Crippen LogP contribution in [0.2, 0.25) is 10.0 Å². The Morgan fingerprint density at radius 1 is 1.12 bits per heavy atom. The maximum atomic E-state index is 11.4. The van der Waals surface area contributed by atoms with Crippen molar-refractivity contribution in [2.45, 2.75) is 24.8 Å². The number of halogens is 2. The van der Waals surface area contributed by atoms with E-state index in [1.807, 2.05) is 31.3 Å². The van der Waals surface area contributed by atoms with E-state index in [0.29, 0.717) is 10.0 Å². The smallest absolute Gasteiger partial charge is 0.325 e. The summed E-state index contributed by atoms with van der Waals surface area (Å²) >= 11 is 12.3. The maximum Gasteiger partial charge on any atom is 0.325 e. The molecule has 26 heavy (non-hydrogen) atoms. The molecular formula is C20H22Cl2N2O2. The highest BCUT2D eigenvalue weighted by atomic mass is 35.5. The van der Waals surface area contributed by atoms with Gasteiger partial charge in [0.1, 0.15) is 6.54 Å². The zero-order valence-corrected chi connectivity index (χ0v) is 16.3. The largest absolute Gasteiger partial charge is 0.468 e. The molecule has 2 aromatic rings. The molecule has 0 spiro atoms. The third kappa shape index (κ3) is 3.98. The van der Waals surface area contributed by atoms with Crippen LogP contribution in [0.1, 0.15) is 41.5 Å². The van der Waals surface area contributed by atoms with Crippen LogP contribution in [0, 0.1) is 0 Å². The van der Waals surface area contributed by atoms with Gasteiger partial charge in [-0.05, 0) is 60.8 Å². The molecule has 0 saturated heterocycles. The quantitative estimate of drug-likeness (QED) is 0.719. The molecular weight excluding hydrogens is 371 g/mol. The Morgan fingerprint density at radius 2 is 1.92 bits per heavy atom. The first-order chi connectivity index (χ1) is 12.5. The minimum absolute atomic E-state index is 0.149. The fourth-order valence-electron chi connectivity index (χ4n) is 3.57. The lowest BCUT2D eigenvalue weighted by Crippen LogP contribution is -2.24. The second-order valence-electron chi connectivity index (χ2n) is 6.42. The van der Waals surface area contributed by atoms with Crippen LogP contribution in [-0.4, -0.2) is 26.7 Å². The van der Waals surface area contributed by atoms with E-state index >= 15 is 0 Å². The maximum absolute atomic E-state index is 11.4. The molecule has 1 aliphatic rings. The average molecular weight is 393 g/mol. The number of hydrogen-bond acceptors (Lipinski definition) is 4. The number of hydrogen-bond donors (Lipinski definition) is 2. The van der Waals surface area contributed by atoms with E-state index < -0.39 is 0 Å². The first kappa shape index (κ1) is 19.0. The molecule has 0 radical (unpaired) electrons. The van der Waals surface area contributed by atoms with E-state index in [1.54, 1.807) is 0 Å². The molecule has 6 heteroatoms. The van der Waals surface area contributed by atoms with Gasteiger partial charge < -0.3 is 15.4 Å². The lowest BCUT2D eigenvalue weighted by atomic mass is 9.76. The van der Waals surface area contributed by atoms with E-state index in [1.165, 1.54) is 23.8 Å². The van der Waals surface area contributed by atoms with Crippen molar-refractivity contribution in [2.75, 3.05) is 26.0 Å². The summed E-state index contributed by atoms with van der Waals surface area (Å²) in [6.07, 6.45) is 2.06. The molecule has 0 aromatic heterocycles. The zero-order valence-electron chi connectivity index (χ0n) is 14.8. The number of ether oxygens (including phenoxy) is 1. The van der Waals surface area contributed by atoms with Crippen LogP contribution in [0.4, 0.5) is 5.69 Å². The Hall–Kier alpha value is -1.75. The molecule has 138 valence electrons. The van der Waals surface area contributed by atoms with Gasteiger partial charge in [-0.25, -0.2) is 0 Å². The van der Waals surface area contributed by atoms with E-state index in [4.69, 9.17) is 23.2 Å². The van der Waals surface area contributed by atoms with Gasteiger partial charge in [0.15, 0.2) is 0 Å². The van der Waals surface area contributed by atoms with Crippen LogP contribution >= 0.6 is 23.2 Å². The average Bonchev–Trinajstić information content (AvgIpc) is 2.67. The third-order valence-corrected chi connectivity index (χ3v) is 5.68. The Morgan fingerprint density at radius 3 is 2.62 bits per heavy atom. The highest BCUT2D eigenvalue weighted by molar-refractivity contribution is 6.42. The van der Waals surface area contributed by atoms with Gasteiger partial charge in [-0.3, -0.25) is 4.79 Å². The highest BCUT2D eigenvalue weighted by Crippen LogP contribution is 2.43. The summed E-state index contributed by atoms with van der Waals surface area (Å²) in [7, 11) is 3.36. The van der Waals surface area contributed by atoms with Crippen molar-refractivity contribution in [3.05, 3.63) is 63.1 Å².